The van der Waals surface area contributed by atoms with E-state index >= 15 is 0 Å². The van der Waals surface area contributed by atoms with E-state index in [4.69, 9.17) is 0 Å². The molecule has 1 aliphatic rings. The van der Waals surface area contributed by atoms with E-state index in [1.807, 2.05) is 6.92 Å². The summed E-state index contributed by atoms with van der Waals surface area (Å²) in [4.78, 5) is 12.1. The van der Waals surface area contributed by atoms with Gasteiger partial charge in [-0.1, -0.05) is 25.5 Å². The highest BCUT2D eigenvalue weighted by molar-refractivity contribution is 5.94. The van der Waals surface area contributed by atoms with Gasteiger partial charge in [0.1, 0.15) is 5.82 Å². The predicted octanol–water partition coefficient (Wildman–Crippen LogP) is 2.64. The first-order valence-corrected chi connectivity index (χ1v) is 7.18. The molecule has 1 aromatic rings. The zero-order valence-electron chi connectivity index (χ0n) is 12.4. The molecule has 1 aromatic carbocycles. The Morgan fingerprint density at radius 1 is 1.50 bits per heavy atom. The predicted molar refractivity (Wildman–Crippen MR) is 78.3 cm³/mol. The van der Waals surface area contributed by atoms with E-state index < -0.39 is 5.82 Å². The molecule has 0 aromatic heterocycles. The monoisotopic (exact) mass is 278 g/mol. The smallest absolute Gasteiger partial charge is 0.254 e. The van der Waals surface area contributed by atoms with Crippen molar-refractivity contribution in [3.05, 3.63) is 35.1 Å². The van der Waals surface area contributed by atoms with Crippen LogP contribution in [0.15, 0.2) is 18.2 Å². The largest absolute Gasteiger partial charge is 0.350 e. The first-order chi connectivity index (χ1) is 9.40. The summed E-state index contributed by atoms with van der Waals surface area (Å²) >= 11 is 0. The molecule has 0 aliphatic carbocycles. The molecule has 0 radical (unpaired) electrons. The van der Waals surface area contributed by atoms with Crippen LogP contribution in [-0.2, 0) is 0 Å². The lowest BCUT2D eigenvalue weighted by Crippen LogP contribution is -2.52. The van der Waals surface area contributed by atoms with Crippen LogP contribution in [0.5, 0.6) is 0 Å². The third kappa shape index (κ3) is 3.37. The van der Waals surface area contributed by atoms with Crippen molar-refractivity contribution in [2.75, 3.05) is 13.1 Å². The lowest BCUT2D eigenvalue weighted by molar-refractivity contribution is 0.0925. The van der Waals surface area contributed by atoms with Crippen LogP contribution in [0.3, 0.4) is 0 Å². The van der Waals surface area contributed by atoms with Gasteiger partial charge in [-0.3, -0.25) is 4.79 Å². The van der Waals surface area contributed by atoms with Crippen molar-refractivity contribution in [3.63, 3.8) is 0 Å². The third-order valence-corrected chi connectivity index (χ3v) is 4.17. The van der Waals surface area contributed by atoms with Crippen LogP contribution in [0.2, 0.25) is 0 Å². The number of benzene rings is 1. The maximum Gasteiger partial charge on any atom is 0.254 e. The Morgan fingerprint density at radius 2 is 2.25 bits per heavy atom. The van der Waals surface area contributed by atoms with Crippen LogP contribution >= 0.6 is 0 Å². The number of piperidine rings is 1. The Hall–Kier alpha value is -1.42. The summed E-state index contributed by atoms with van der Waals surface area (Å²) in [7, 11) is 0. The van der Waals surface area contributed by atoms with Crippen LogP contribution in [0.1, 0.15) is 42.6 Å². The number of halogens is 1. The van der Waals surface area contributed by atoms with Crippen molar-refractivity contribution in [2.24, 2.45) is 5.41 Å². The number of carbonyl (C=O) groups is 1. The van der Waals surface area contributed by atoms with Crippen LogP contribution in [0, 0.1) is 18.2 Å². The molecule has 110 valence electrons. The molecular formula is C16H23FN2O. The normalized spacial score (nSPS) is 21.5. The van der Waals surface area contributed by atoms with E-state index in [1.54, 1.807) is 12.1 Å². The molecule has 1 unspecified atom stereocenters. The Kier molecular flexibility index (Phi) is 4.43. The van der Waals surface area contributed by atoms with Gasteiger partial charge in [-0.05, 0) is 43.9 Å². The molecule has 1 atom stereocenters. The second-order valence-corrected chi connectivity index (χ2v) is 6.29. The fourth-order valence-electron chi connectivity index (χ4n) is 2.72. The highest BCUT2D eigenvalue weighted by atomic mass is 19.1. The minimum absolute atomic E-state index is 0.124. The zero-order chi connectivity index (χ0) is 14.8. The molecule has 1 saturated heterocycles. The number of rotatable bonds is 3. The van der Waals surface area contributed by atoms with Gasteiger partial charge < -0.3 is 10.6 Å². The Morgan fingerprint density at radius 3 is 2.95 bits per heavy atom. The van der Waals surface area contributed by atoms with Crippen molar-refractivity contribution >= 4 is 5.91 Å². The second kappa shape index (κ2) is 5.92. The molecule has 1 amide bonds. The van der Waals surface area contributed by atoms with Gasteiger partial charge in [0.25, 0.3) is 5.91 Å². The van der Waals surface area contributed by atoms with Crippen molar-refractivity contribution in [1.29, 1.82) is 0 Å². The SMILES string of the molecule is Cc1ccc(F)c(C(=O)NCC2NCCCC2(C)C)c1. The average molecular weight is 278 g/mol. The van der Waals surface area contributed by atoms with Crippen molar-refractivity contribution < 1.29 is 9.18 Å². The molecule has 2 rings (SSSR count). The van der Waals surface area contributed by atoms with Gasteiger partial charge in [0.2, 0.25) is 0 Å². The number of amides is 1. The van der Waals surface area contributed by atoms with E-state index in [0.717, 1.165) is 24.9 Å². The van der Waals surface area contributed by atoms with Crippen molar-refractivity contribution in [2.45, 2.75) is 39.7 Å². The maximum absolute atomic E-state index is 13.7. The number of carbonyl (C=O) groups excluding carboxylic acids is 1. The van der Waals surface area contributed by atoms with Gasteiger partial charge in [-0.15, -0.1) is 0 Å². The molecule has 3 nitrogen and oxygen atoms in total. The summed E-state index contributed by atoms with van der Waals surface area (Å²) in [6.07, 6.45) is 2.29. The first kappa shape index (κ1) is 15.0. The van der Waals surface area contributed by atoms with Crippen LogP contribution in [-0.4, -0.2) is 25.0 Å². The average Bonchev–Trinajstić information content (AvgIpc) is 2.39. The van der Waals surface area contributed by atoms with E-state index in [0.29, 0.717) is 6.54 Å². The standard InChI is InChI=1S/C16H23FN2O/c1-11-5-6-13(17)12(9-11)15(20)19-10-14-16(2,3)7-4-8-18-14/h5-6,9,14,18H,4,7-8,10H2,1-3H3,(H,19,20). The quantitative estimate of drug-likeness (QED) is 0.892. The lowest BCUT2D eigenvalue weighted by atomic mass is 9.77. The van der Waals surface area contributed by atoms with Gasteiger partial charge in [-0.2, -0.15) is 0 Å². The van der Waals surface area contributed by atoms with E-state index in [1.165, 1.54) is 6.07 Å². The summed E-state index contributed by atoms with van der Waals surface area (Å²) in [5, 5.41) is 6.28. The van der Waals surface area contributed by atoms with Crippen molar-refractivity contribution in [3.8, 4) is 0 Å². The molecule has 0 spiro atoms. The summed E-state index contributed by atoms with van der Waals surface area (Å²) in [5.41, 5.74) is 1.16. The van der Waals surface area contributed by atoms with Gasteiger partial charge >= 0.3 is 0 Å². The topological polar surface area (TPSA) is 41.1 Å². The van der Waals surface area contributed by atoms with Gasteiger partial charge in [0.15, 0.2) is 0 Å². The second-order valence-electron chi connectivity index (χ2n) is 6.29. The van der Waals surface area contributed by atoms with Crippen LogP contribution in [0.25, 0.3) is 0 Å². The van der Waals surface area contributed by atoms with E-state index in [9.17, 15) is 9.18 Å². The van der Waals surface area contributed by atoms with E-state index in [-0.39, 0.29) is 22.9 Å². The Balaban J connectivity index is 2.00. The highest BCUT2D eigenvalue weighted by Gasteiger charge is 2.32. The molecular weight excluding hydrogens is 255 g/mol. The number of aryl methyl sites for hydroxylation is 1. The van der Waals surface area contributed by atoms with Crippen molar-refractivity contribution in [1.82, 2.24) is 10.6 Å². The van der Waals surface area contributed by atoms with Crippen LogP contribution in [0.4, 0.5) is 4.39 Å². The molecule has 2 N–H and O–H groups in total. The minimum Gasteiger partial charge on any atom is -0.350 e. The Bertz CT molecular complexity index is 499. The van der Waals surface area contributed by atoms with Gasteiger partial charge in [0.05, 0.1) is 5.56 Å². The number of hydrogen-bond donors (Lipinski definition) is 2. The fourth-order valence-corrected chi connectivity index (χ4v) is 2.72. The first-order valence-electron chi connectivity index (χ1n) is 7.18. The van der Waals surface area contributed by atoms with Gasteiger partial charge in [-0.25, -0.2) is 4.39 Å². The maximum atomic E-state index is 13.7. The highest BCUT2D eigenvalue weighted by Crippen LogP contribution is 2.29. The molecule has 0 bridgehead atoms. The summed E-state index contributed by atoms with van der Waals surface area (Å²) in [6.45, 7) is 7.75. The number of hydrogen-bond acceptors (Lipinski definition) is 2. The van der Waals surface area contributed by atoms with Crippen LogP contribution < -0.4 is 10.6 Å². The number of nitrogens with one attached hydrogen (secondary N) is 2. The molecule has 1 aliphatic heterocycles. The lowest BCUT2D eigenvalue weighted by Gasteiger charge is -2.39. The molecule has 1 fully saturated rings. The molecule has 20 heavy (non-hydrogen) atoms. The minimum atomic E-state index is -0.469. The van der Waals surface area contributed by atoms with Gasteiger partial charge in [0, 0.05) is 12.6 Å². The molecule has 1 heterocycles. The Labute approximate surface area is 120 Å². The summed E-state index contributed by atoms with van der Waals surface area (Å²) in [5.74, 6) is -0.807. The summed E-state index contributed by atoms with van der Waals surface area (Å²) < 4.78 is 13.7. The summed E-state index contributed by atoms with van der Waals surface area (Å²) in [6, 6.07) is 4.82. The molecule has 4 heteroatoms. The van der Waals surface area contributed by atoms with E-state index in [2.05, 4.69) is 24.5 Å². The molecule has 0 saturated carbocycles. The fraction of sp³-hybridized carbons (Fsp3) is 0.562. The zero-order valence-corrected chi connectivity index (χ0v) is 12.4. The third-order valence-electron chi connectivity index (χ3n) is 4.17.